The van der Waals surface area contributed by atoms with Crippen LogP contribution in [0.15, 0.2) is 103 Å². The van der Waals surface area contributed by atoms with Crippen molar-refractivity contribution in [3.63, 3.8) is 0 Å². The van der Waals surface area contributed by atoms with Crippen molar-refractivity contribution in [1.82, 2.24) is 0 Å². The van der Waals surface area contributed by atoms with Gasteiger partial charge in [0.2, 0.25) is 0 Å². The Labute approximate surface area is 267 Å². The highest BCUT2D eigenvalue weighted by Crippen LogP contribution is 2.64. The van der Waals surface area contributed by atoms with Crippen LogP contribution in [0, 0.1) is 5.41 Å². The molecule has 1 fully saturated rings. The topological polar surface area (TPSA) is 21.7 Å². The van der Waals surface area contributed by atoms with Crippen molar-refractivity contribution in [2.24, 2.45) is 5.41 Å². The summed E-state index contributed by atoms with van der Waals surface area (Å²) < 4.78 is 13.4. The average molecular weight is 592 g/mol. The predicted molar refractivity (Wildman–Crippen MR) is 187 cm³/mol. The van der Waals surface area contributed by atoms with Crippen LogP contribution in [-0.2, 0) is 5.60 Å². The van der Waals surface area contributed by atoms with Gasteiger partial charge in [0.15, 0.2) is 5.60 Å². The van der Waals surface area contributed by atoms with E-state index in [0.29, 0.717) is 11.8 Å². The van der Waals surface area contributed by atoms with Gasteiger partial charge in [0, 0.05) is 41.9 Å². The number of rotatable bonds is 4. The van der Waals surface area contributed by atoms with Crippen molar-refractivity contribution in [3.8, 4) is 22.6 Å². The van der Waals surface area contributed by atoms with Crippen molar-refractivity contribution in [3.05, 3.63) is 131 Å². The van der Waals surface area contributed by atoms with E-state index in [-0.39, 0.29) is 5.41 Å². The number of benzene rings is 5. The first-order valence-corrected chi connectivity index (χ1v) is 16.3. The number of ether oxygens (including phenoxy) is 2. The lowest BCUT2D eigenvalue weighted by atomic mass is 9.54. The van der Waals surface area contributed by atoms with E-state index in [2.05, 4.69) is 142 Å². The fourth-order valence-corrected chi connectivity index (χ4v) is 8.68. The maximum absolute atomic E-state index is 7.55. The van der Waals surface area contributed by atoms with E-state index in [1.165, 1.54) is 52.5 Å². The first kappa shape index (κ1) is 28.0. The van der Waals surface area contributed by atoms with Crippen LogP contribution in [0.3, 0.4) is 0 Å². The zero-order valence-electron chi connectivity index (χ0n) is 26.9. The molecular weight excluding hydrogens is 550 g/mol. The van der Waals surface area contributed by atoms with Crippen LogP contribution in [0.2, 0.25) is 0 Å². The first-order chi connectivity index (χ1) is 21.8. The summed E-state index contributed by atoms with van der Waals surface area (Å²) in [6.45, 7) is 4.97. The molecule has 3 aliphatic rings. The van der Waals surface area contributed by atoms with Crippen LogP contribution in [-0.4, -0.2) is 21.2 Å². The Morgan fingerprint density at radius 2 is 1.56 bits per heavy atom. The van der Waals surface area contributed by atoms with Gasteiger partial charge in [0.25, 0.3) is 0 Å². The SMILES string of the molecule is COc1ccc2c3c(c4c(c2c1)OC(c1ccccc1)(c1ccc(N(C)C)cc1)C=C4)C1C(CCCC1(C)C)c1ccccc1-3. The van der Waals surface area contributed by atoms with Crippen LogP contribution < -0.4 is 14.4 Å². The molecular formula is C42H41NO2. The standard InChI is InChI=1S/C42H41NO2/c1-41(2)24-11-16-34-31-14-9-10-15-32(31)37-33-22-21-30(44-5)26-36(33)40-35(38(37)39(34)41)23-25-42(45-40,27-12-7-6-8-13-27)28-17-19-29(20-18-28)43(3)4/h6-10,12-15,17-23,25-26,34,39H,11,16,24H2,1-5H3. The van der Waals surface area contributed by atoms with Gasteiger partial charge >= 0.3 is 0 Å². The molecule has 3 nitrogen and oxygen atoms in total. The third-order valence-electron chi connectivity index (χ3n) is 10.8. The lowest BCUT2D eigenvalue weighted by molar-refractivity contribution is 0.158. The second-order valence-electron chi connectivity index (χ2n) is 14.0. The van der Waals surface area contributed by atoms with Gasteiger partial charge in [0.05, 0.1) is 7.11 Å². The summed E-state index contributed by atoms with van der Waals surface area (Å²) in [5.74, 6) is 2.67. The van der Waals surface area contributed by atoms with Gasteiger partial charge in [-0.05, 0) is 94.1 Å². The van der Waals surface area contributed by atoms with Crippen LogP contribution in [0.4, 0.5) is 5.69 Å². The van der Waals surface area contributed by atoms with Gasteiger partial charge in [-0.25, -0.2) is 0 Å². The summed E-state index contributed by atoms with van der Waals surface area (Å²) in [6, 6.07) is 35.2. The summed E-state index contributed by atoms with van der Waals surface area (Å²) in [6.07, 6.45) is 8.40. The molecule has 1 aliphatic heterocycles. The van der Waals surface area contributed by atoms with Crippen LogP contribution in [0.1, 0.15) is 72.8 Å². The zero-order chi connectivity index (χ0) is 30.9. The zero-order valence-corrected chi connectivity index (χ0v) is 26.9. The Hall–Kier alpha value is -4.50. The number of fused-ring (bicyclic) bond motifs is 11. The fraction of sp³-hybridized carbons (Fsp3) is 0.286. The molecule has 0 saturated heterocycles. The summed E-state index contributed by atoms with van der Waals surface area (Å²) in [4.78, 5) is 2.14. The van der Waals surface area contributed by atoms with E-state index < -0.39 is 5.60 Å². The number of methoxy groups -OCH3 is 1. The number of hydrogen-bond donors (Lipinski definition) is 0. The van der Waals surface area contributed by atoms with Crippen LogP contribution >= 0.6 is 0 Å². The third kappa shape index (κ3) is 4.16. The molecule has 226 valence electrons. The number of anilines is 1. The van der Waals surface area contributed by atoms with E-state index in [9.17, 15) is 0 Å². The molecule has 8 rings (SSSR count). The minimum Gasteiger partial charge on any atom is -0.497 e. The molecule has 45 heavy (non-hydrogen) atoms. The lowest BCUT2D eigenvalue weighted by Gasteiger charge is -2.50. The Bertz CT molecular complexity index is 1950. The summed E-state index contributed by atoms with van der Waals surface area (Å²) in [5, 5.41) is 2.33. The molecule has 3 unspecified atom stereocenters. The molecule has 0 amide bonds. The number of nitrogens with zero attached hydrogens (tertiary/aromatic N) is 1. The van der Waals surface area contributed by atoms with Crippen molar-refractivity contribution in [1.29, 1.82) is 0 Å². The summed E-state index contributed by atoms with van der Waals surface area (Å²) in [5.41, 5.74) is 9.68. The molecule has 0 radical (unpaired) electrons. The maximum atomic E-state index is 7.55. The minimum atomic E-state index is -0.780. The van der Waals surface area contributed by atoms with Gasteiger partial charge in [-0.1, -0.05) is 93.1 Å². The Kier molecular flexibility index (Phi) is 6.39. The smallest absolute Gasteiger partial charge is 0.178 e. The molecule has 0 bridgehead atoms. The van der Waals surface area contributed by atoms with E-state index in [1.807, 2.05) is 0 Å². The monoisotopic (exact) mass is 591 g/mol. The van der Waals surface area contributed by atoms with E-state index in [0.717, 1.165) is 33.7 Å². The van der Waals surface area contributed by atoms with E-state index >= 15 is 0 Å². The number of hydrogen-bond acceptors (Lipinski definition) is 3. The highest BCUT2D eigenvalue weighted by Gasteiger charge is 2.48. The Balaban J connectivity index is 1.46. The van der Waals surface area contributed by atoms with Gasteiger partial charge in [0.1, 0.15) is 11.5 Å². The predicted octanol–water partition coefficient (Wildman–Crippen LogP) is 10.3. The quantitative estimate of drug-likeness (QED) is 0.208. The molecule has 1 saturated carbocycles. The van der Waals surface area contributed by atoms with Crippen LogP contribution in [0.5, 0.6) is 11.5 Å². The third-order valence-corrected chi connectivity index (χ3v) is 10.8. The molecule has 3 atom stereocenters. The summed E-state index contributed by atoms with van der Waals surface area (Å²) in [7, 11) is 5.91. The van der Waals surface area contributed by atoms with Crippen molar-refractivity contribution in [2.75, 3.05) is 26.1 Å². The largest absolute Gasteiger partial charge is 0.497 e. The molecule has 5 aromatic carbocycles. The normalized spacial score (nSPS) is 22.4. The lowest BCUT2D eigenvalue weighted by Crippen LogP contribution is -2.37. The van der Waals surface area contributed by atoms with Gasteiger partial charge in [-0.3, -0.25) is 0 Å². The highest BCUT2D eigenvalue weighted by atomic mass is 16.5. The van der Waals surface area contributed by atoms with Gasteiger partial charge in [-0.15, -0.1) is 0 Å². The second-order valence-corrected chi connectivity index (χ2v) is 14.0. The minimum absolute atomic E-state index is 0.156. The highest BCUT2D eigenvalue weighted by molar-refractivity contribution is 6.07. The molecule has 5 aromatic rings. The molecule has 3 heteroatoms. The van der Waals surface area contributed by atoms with E-state index in [1.54, 1.807) is 7.11 Å². The average Bonchev–Trinajstić information content (AvgIpc) is 3.07. The van der Waals surface area contributed by atoms with Gasteiger partial charge < -0.3 is 14.4 Å². The van der Waals surface area contributed by atoms with Crippen molar-refractivity contribution in [2.45, 2.75) is 50.5 Å². The maximum Gasteiger partial charge on any atom is 0.178 e. The van der Waals surface area contributed by atoms with E-state index in [4.69, 9.17) is 9.47 Å². The fourth-order valence-electron chi connectivity index (χ4n) is 8.68. The molecule has 0 spiro atoms. The van der Waals surface area contributed by atoms with Gasteiger partial charge in [-0.2, -0.15) is 0 Å². The molecule has 0 N–H and O–H groups in total. The Morgan fingerprint density at radius 3 is 2.31 bits per heavy atom. The Morgan fingerprint density at radius 1 is 0.822 bits per heavy atom. The summed E-state index contributed by atoms with van der Waals surface area (Å²) >= 11 is 0. The molecule has 2 aliphatic carbocycles. The van der Waals surface area contributed by atoms with Crippen molar-refractivity contribution >= 4 is 22.5 Å². The first-order valence-electron chi connectivity index (χ1n) is 16.3. The molecule has 1 heterocycles. The van der Waals surface area contributed by atoms with Crippen LogP contribution in [0.25, 0.3) is 28.0 Å². The second kappa shape index (κ2) is 10.3. The molecule has 0 aromatic heterocycles. The van der Waals surface area contributed by atoms with Crippen molar-refractivity contribution < 1.29 is 9.47 Å².